The van der Waals surface area contributed by atoms with Crippen LogP contribution in [0.2, 0.25) is 0 Å². The van der Waals surface area contributed by atoms with Crippen LogP contribution in [0.3, 0.4) is 0 Å². The molecule has 0 bridgehead atoms. The van der Waals surface area contributed by atoms with Gasteiger partial charge in [-0.05, 0) is 72.8 Å². The minimum Gasteiger partial charge on any atom is -0.467 e. The maximum atomic E-state index is 6.37. The summed E-state index contributed by atoms with van der Waals surface area (Å²) in [6.45, 7) is 24.1. The molecule has 2 atom stereocenters. The highest BCUT2D eigenvalue weighted by molar-refractivity contribution is 7.48. The fraction of sp³-hybridized carbons (Fsp3) is 0.636. The SMILES string of the molecule is CCCCCC(CC)(Pc1c(C)cccc1CN(CC)CC)c1cc(C(C)(C)C)cc(C)c1OCOC. The van der Waals surface area contributed by atoms with Crippen molar-refractivity contribution in [3.05, 3.63) is 58.1 Å². The Hall–Kier alpha value is -1.41. The maximum absolute atomic E-state index is 6.37. The number of unbranched alkanes of at least 4 members (excludes halogenated alkanes) is 2. The lowest BCUT2D eigenvalue weighted by atomic mass is 9.80. The second kappa shape index (κ2) is 14.7. The third kappa shape index (κ3) is 8.29. The van der Waals surface area contributed by atoms with E-state index in [1.54, 1.807) is 12.4 Å². The van der Waals surface area contributed by atoms with Crippen LogP contribution in [0.25, 0.3) is 0 Å². The van der Waals surface area contributed by atoms with Crippen LogP contribution in [-0.4, -0.2) is 31.9 Å². The number of rotatable bonds is 15. The van der Waals surface area contributed by atoms with Gasteiger partial charge in [0.2, 0.25) is 0 Å². The van der Waals surface area contributed by atoms with Crippen molar-refractivity contribution in [1.29, 1.82) is 0 Å². The summed E-state index contributed by atoms with van der Waals surface area (Å²) in [4.78, 5) is 2.53. The first-order valence-corrected chi connectivity index (χ1v) is 15.4. The minimum atomic E-state index is 0.0222. The topological polar surface area (TPSA) is 21.7 Å². The Balaban J connectivity index is 2.78. The van der Waals surface area contributed by atoms with Gasteiger partial charge in [-0.25, -0.2) is 0 Å². The molecule has 3 nitrogen and oxygen atoms in total. The fourth-order valence-corrected chi connectivity index (χ4v) is 7.12. The summed E-state index contributed by atoms with van der Waals surface area (Å²) in [5, 5.41) is 1.57. The smallest absolute Gasteiger partial charge is 0.188 e. The number of hydrogen-bond acceptors (Lipinski definition) is 3. The van der Waals surface area contributed by atoms with Crippen LogP contribution in [0.5, 0.6) is 5.75 Å². The molecule has 0 aliphatic rings. The van der Waals surface area contributed by atoms with Crippen molar-refractivity contribution in [3.63, 3.8) is 0 Å². The molecule has 0 fully saturated rings. The summed E-state index contributed by atoms with van der Waals surface area (Å²) in [5.74, 6) is 1.03. The van der Waals surface area contributed by atoms with Crippen LogP contribution in [0.1, 0.15) is 108 Å². The quantitative estimate of drug-likeness (QED) is 0.131. The summed E-state index contributed by atoms with van der Waals surface area (Å²) in [7, 11) is 2.39. The summed E-state index contributed by atoms with van der Waals surface area (Å²) in [6.07, 6.45) is 5.99. The van der Waals surface area contributed by atoms with Crippen molar-refractivity contribution in [2.45, 2.75) is 112 Å². The monoisotopic (exact) mass is 527 g/mol. The van der Waals surface area contributed by atoms with Crippen LogP contribution in [0.15, 0.2) is 30.3 Å². The Kier molecular flexibility index (Phi) is 12.6. The summed E-state index contributed by atoms with van der Waals surface area (Å²) < 4.78 is 11.8. The molecule has 0 aliphatic carbocycles. The van der Waals surface area contributed by atoms with E-state index >= 15 is 0 Å². The molecule has 37 heavy (non-hydrogen) atoms. The number of nitrogens with zero attached hydrogens (tertiary/aromatic N) is 1. The van der Waals surface area contributed by atoms with E-state index in [1.807, 2.05) is 0 Å². The van der Waals surface area contributed by atoms with Gasteiger partial charge in [-0.1, -0.05) is 107 Å². The molecule has 0 heterocycles. The zero-order valence-electron chi connectivity index (χ0n) is 25.5. The summed E-state index contributed by atoms with van der Waals surface area (Å²) in [6, 6.07) is 11.7. The highest BCUT2D eigenvalue weighted by Crippen LogP contribution is 2.53. The molecule has 0 saturated heterocycles. The van der Waals surface area contributed by atoms with Crippen LogP contribution >= 0.6 is 8.58 Å². The number of benzene rings is 2. The molecular weight excluding hydrogens is 473 g/mol. The molecule has 4 heteroatoms. The summed E-state index contributed by atoms with van der Waals surface area (Å²) in [5.41, 5.74) is 6.95. The van der Waals surface area contributed by atoms with Gasteiger partial charge in [0.15, 0.2) is 6.79 Å². The van der Waals surface area contributed by atoms with Crippen molar-refractivity contribution < 1.29 is 9.47 Å². The average molecular weight is 528 g/mol. The molecule has 0 spiro atoms. The lowest BCUT2D eigenvalue weighted by Gasteiger charge is -2.38. The van der Waals surface area contributed by atoms with Crippen LogP contribution in [-0.2, 0) is 21.9 Å². The van der Waals surface area contributed by atoms with E-state index in [0.717, 1.165) is 31.8 Å². The first-order chi connectivity index (χ1) is 17.6. The number of methoxy groups -OCH3 is 1. The molecule has 2 aromatic carbocycles. The molecule has 0 amide bonds. The standard InChI is InChI=1S/C33H54NO2P/c1-11-15-16-20-33(12-2,37-31-25(5)18-17-19-27(31)23-34(13-3)14-4)29-22-28(32(7,8)9)21-26(6)30(29)36-24-35-10/h17-19,21-22,37H,11-16,20,23-24H2,1-10H3. The van der Waals surface area contributed by atoms with Crippen LogP contribution in [0, 0.1) is 13.8 Å². The predicted octanol–water partition coefficient (Wildman–Crippen LogP) is 8.62. The molecule has 0 aliphatic heterocycles. The molecule has 0 saturated carbocycles. The molecule has 0 N–H and O–H groups in total. The van der Waals surface area contributed by atoms with Crippen molar-refractivity contribution in [1.82, 2.24) is 4.90 Å². The maximum Gasteiger partial charge on any atom is 0.188 e. The van der Waals surface area contributed by atoms with Crippen molar-refractivity contribution in [2.24, 2.45) is 0 Å². The van der Waals surface area contributed by atoms with Crippen LogP contribution < -0.4 is 10.0 Å². The molecule has 208 valence electrons. The average Bonchev–Trinajstić information content (AvgIpc) is 2.86. The molecule has 2 rings (SSSR count). The normalized spacial score (nSPS) is 14.0. The van der Waals surface area contributed by atoms with Gasteiger partial charge >= 0.3 is 0 Å². The van der Waals surface area contributed by atoms with Gasteiger partial charge in [-0.3, -0.25) is 4.90 Å². The predicted molar refractivity (Wildman–Crippen MR) is 164 cm³/mol. The minimum absolute atomic E-state index is 0.0222. The highest BCUT2D eigenvalue weighted by atomic mass is 31.1. The van der Waals surface area contributed by atoms with E-state index in [4.69, 9.17) is 9.47 Å². The molecule has 0 aromatic heterocycles. The van der Waals surface area contributed by atoms with E-state index in [2.05, 4.69) is 97.5 Å². The van der Waals surface area contributed by atoms with Gasteiger partial charge in [0.25, 0.3) is 0 Å². The van der Waals surface area contributed by atoms with E-state index in [9.17, 15) is 0 Å². The van der Waals surface area contributed by atoms with E-state index in [-0.39, 0.29) is 17.4 Å². The van der Waals surface area contributed by atoms with Crippen molar-refractivity contribution in [2.75, 3.05) is 27.0 Å². The van der Waals surface area contributed by atoms with Crippen molar-refractivity contribution >= 4 is 13.9 Å². The van der Waals surface area contributed by atoms with Gasteiger partial charge in [0, 0.05) is 24.4 Å². The largest absolute Gasteiger partial charge is 0.467 e. The Labute approximate surface area is 230 Å². The zero-order valence-corrected chi connectivity index (χ0v) is 26.5. The van der Waals surface area contributed by atoms with E-state index in [1.165, 1.54) is 53.5 Å². The Bertz CT molecular complexity index is 977. The number of aryl methyl sites for hydroxylation is 2. The van der Waals surface area contributed by atoms with Gasteiger partial charge in [0.1, 0.15) is 5.75 Å². The molecule has 2 aromatic rings. The molecular formula is C33H54NO2P. The lowest BCUT2D eigenvalue weighted by molar-refractivity contribution is 0.0493. The Morgan fingerprint density at radius 1 is 0.919 bits per heavy atom. The Morgan fingerprint density at radius 2 is 1.62 bits per heavy atom. The Morgan fingerprint density at radius 3 is 2.19 bits per heavy atom. The number of hydrogen-bond donors (Lipinski definition) is 0. The first-order valence-electron chi connectivity index (χ1n) is 14.4. The third-order valence-corrected chi connectivity index (χ3v) is 10.1. The fourth-order valence-electron chi connectivity index (χ4n) is 5.24. The zero-order chi connectivity index (χ0) is 27.6. The third-order valence-electron chi connectivity index (χ3n) is 7.80. The van der Waals surface area contributed by atoms with E-state index in [0.29, 0.717) is 8.58 Å². The first kappa shape index (κ1) is 31.8. The van der Waals surface area contributed by atoms with Gasteiger partial charge in [0.05, 0.1) is 0 Å². The molecule has 2 unspecified atom stereocenters. The highest BCUT2D eigenvalue weighted by Gasteiger charge is 2.36. The van der Waals surface area contributed by atoms with E-state index < -0.39 is 0 Å². The lowest BCUT2D eigenvalue weighted by Crippen LogP contribution is -2.29. The second-order valence-corrected chi connectivity index (χ2v) is 13.3. The second-order valence-electron chi connectivity index (χ2n) is 11.6. The van der Waals surface area contributed by atoms with Gasteiger partial charge in [-0.15, -0.1) is 0 Å². The molecule has 0 radical (unpaired) electrons. The van der Waals surface area contributed by atoms with Gasteiger partial charge < -0.3 is 9.47 Å². The van der Waals surface area contributed by atoms with Crippen LogP contribution in [0.4, 0.5) is 0 Å². The number of ether oxygens (including phenoxy) is 2. The summed E-state index contributed by atoms with van der Waals surface area (Å²) >= 11 is 0. The van der Waals surface area contributed by atoms with Crippen molar-refractivity contribution in [3.8, 4) is 5.75 Å². The van der Waals surface area contributed by atoms with Gasteiger partial charge in [-0.2, -0.15) is 0 Å².